The number of nitrogens with zero attached hydrogens (tertiary/aromatic N) is 1. The number of aryl methyl sites for hydroxylation is 1. The summed E-state index contributed by atoms with van der Waals surface area (Å²) in [5.74, 6) is 0.0795. The van der Waals surface area contributed by atoms with E-state index in [0.29, 0.717) is 19.5 Å². The maximum atomic E-state index is 11.9. The molecule has 1 aliphatic rings. The molecule has 0 saturated carbocycles. The Hall–Kier alpha value is -1.43. The van der Waals surface area contributed by atoms with Gasteiger partial charge in [0.25, 0.3) is 0 Å². The van der Waals surface area contributed by atoms with Gasteiger partial charge in [-0.3, -0.25) is 9.69 Å². The highest BCUT2D eigenvalue weighted by molar-refractivity contribution is 5.75. The molecule has 1 aromatic rings. The van der Waals surface area contributed by atoms with E-state index in [9.17, 15) is 4.79 Å². The third-order valence-electron chi connectivity index (χ3n) is 4.05. The standard InChI is InChI=1S/C17H27N3O2/c1-14-4-6-15(7-5-14)16(20-9-11-22-12-10-20)13-19-17(21)3-2-8-18/h4-7,16H,2-3,8-13,18H2,1H3,(H,19,21). The summed E-state index contributed by atoms with van der Waals surface area (Å²) < 4.78 is 5.44. The Morgan fingerprint density at radius 3 is 2.64 bits per heavy atom. The second-order valence-electron chi connectivity index (χ2n) is 5.77. The molecule has 2 rings (SSSR count). The Balaban J connectivity index is 2.01. The number of benzene rings is 1. The number of nitrogens with two attached hydrogens (primary N) is 1. The Labute approximate surface area is 132 Å². The van der Waals surface area contributed by atoms with Crippen LogP contribution in [0.3, 0.4) is 0 Å². The van der Waals surface area contributed by atoms with Crippen molar-refractivity contribution >= 4 is 5.91 Å². The van der Waals surface area contributed by atoms with Gasteiger partial charge in [-0.15, -0.1) is 0 Å². The minimum Gasteiger partial charge on any atom is -0.379 e. The van der Waals surface area contributed by atoms with Crippen LogP contribution in [0.15, 0.2) is 24.3 Å². The molecule has 0 spiro atoms. The van der Waals surface area contributed by atoms with Gasteiger partial charge in [-0.2, -0.15) is 0 Å². The SMILES string of the molecule is Cc1ccc(C(CNC(=O)CCCN)N2CCOCC2)cc1. The number of hydrogen-bond acceptors (Lipinski definition) is 4. The molecule has 22 heavy (non-hydrogen) atoms. The first-order valence-corrected chi connectivity index (χ1v) is 8.06. The zero-order chi connectivity index (χ0) is 15.8. The van der Waals surface area contributed by atoms with Gasteiger partial charge in [0.1, 0.15) is 0 Å². The maximum Gasteiger partial charge on any atom is 0.220 e. The maximum absolute atomic E-state index is 11.9. The minimum atomic E-state index is 0.0795. The lowest BCUT2D eigenvalue weighted by atomic mass is 10.0. The van der Waals surface area contributed by atoms with Crippen LogP contribution in [0.5, 0.6) is 0 Å². The summed E-state index contributed by atoms with van der Waals surface area (Å²) in [5, 5.41) is 3.05. The van der Waals surface area contributed by atoms with Crippen LogP contribution < -0.4 is 11.1 Å². The third-order valence-corrected chi connectivity index (χ3v) is 4.05. The fourth-order valence-corrected chi connectivity index (χ4v) is 2.70. The molecule has 0 aliphatic carbocycles. The van der Waals surface area contributed by atoms with E-state index in [1.165, 1.54) is 11.1 Å². The average molecular weight is 305 g/mol. The number of carbonyl (C=O) groups is 1. The van der Waals surface area contributed by atoms with Crippen molar-refractivity contribution in [1.82, 2.24) is 10.2 Å². The summed E-state index contributed by atoms with van der Waals surface area (Å²) in [7, 11) is 0. The van der Waals surface area contributed by atoms with Crippen LogP contribution in [-0.4, -0.2) is 50.2 Å². The van der Waals surface area contributed by atoms with Gasteiger partial charge in [-0.1, -0.05) is 29.8 Å². The molecule has 1 fully saturated rings. The predicted octanol–water partition coefficient (Wildman–Crippen LogP) is 1.22. The molecule has 1 atom stereocenters. The number of nitrogens with one attached hydrogen (secondary N) is 1. The lowest BCUT2D eigenvalue weighted by Crippen LogP contribution is -2.43. The Bertz CT molecular complexity index is 455. The van der Waals surface area contributed by atoms with Gasteiger partial charge >= 0.3 is 0 Å². The fourth-order valence-electron chi connectivity index (χ4n) is 2.70. The molecule has 0 radical (unpaired) electrons. The monoisotopic (exact) mass is 305 g/mol. The van der Waals surface area contributed by atoms with Crippen LogP contribution in [-0.2, 0) is 9.53 Å². The number of morpholine rings is 1. The molecule has 1 unspecified atom stereocenters. The predicted molar refractivity (Wildman–Crippen MR) is 87.6 cm³/mol. The van der Waals surface area contributed by atoms with Gasteiger partial charge < -0.3 is 15.8 Å². The molecule has 122 valence electrons. The van der Waals surface area contributed by atoms with E-state index in [1.807, 2.05) is 0 Å². The van der Waals surface area contributed by atoms with E-state index in [4.69, 9.17) is 10.5 Å². The van der Waals surface area contributed by atoms with Crippen molar-refractivity contribution in [3.8, 4) is 0 Å². The van der Waals surface area contributed by atoms with E-state index in [1.54, 1.807) is 0 Å². The van der Waals surface area contributed by atoms with Gasteiger partial charge in [0.15, 0.2) is 0 Å². The van der Waals surface area contributed by atoms with Gasteiger partial charge in [0, 0.05) is 26.1 Å². The first-order chi connectivity index (χ1) is 10.7. The van der Waals surface area contributed by atoms with Gasteiger partial charge in [0.05, 0.1) is 19.3 Å². The highest BCUT2D eigenvalue weighted by Gasteiger charge is 2.23. The number of hydrogen-bond donors (Lipinski definition) is 2. The smallest absolute Gasteiger partial charge is 0.220 e. The minimum absolute atomic E-state index is 0.0795. The fraction of sp³-hybridized carbons (Fsp3) is 0.588. The Morgan fingerprint density at radius 1 is 1.32 bits per heavy atom. The third kappa shape index (κ3) is 5.09. The molecule has 1 aromatic carbocycles. The molecule has 0 aromatic heterocycles. The second kappa shape index (κ2) is 8.88. The molecule has 1 heterocycles. The average Bonchev–Trinajstić information content (AvgIpc) is 2.55. The van der Waals surface area contributed by atoms with Crippen LogP contribution in [0, 0.1) is 6.92 Å². The summed E-state index contributed by atoms with van der Waals surface area (Å²) >= 11 is 0. The van der Waals surface area contributed by atoms with E-state index < -0.39 is 0 Å². The van der Waals surface area contributed by atoms with Gasteiger partial charge in [-0.25, -0.2) is 0 Å². The molecule has 5 heteroatoms. The van der Waals surface area contributed by atoms with Crippen molar-refractivity contribution in [2.45, 2.75) is 25.8 Å². The first kappa shape index (κ1) is 16.9. The molecule has 0 bridgehead atoms. The van der Waals surface area contributed by atoms with Crippen molar-refractivity contribution in [3.63, 3.8) is 0 Å². The molecule has 1 saturated heterocycles. The highest BCUT2D eigenvalue weighted by Crippen LogP contribution is 2.21. The lowest BCUT2D eigenvalue weighted by molar-refractivity contribution is -0.121. The normalized spacial score (nSPS) is 17.2. The number of amides is 1. The molecule has 3 N–H and O–H groups in total. The van der Waals surface area contributed by atoms with E-state index >= 15 is 0 Å². The summed E-state index contributed by atoms with van der Waals surface area (Å²) in [4.78, 5) is 14.3. The number of carbonyl (C=O) groups excluding carboxylic acids is 1. The zero-order valence-electron chi connectivity index (χ0n) is 13.4. The topological polar surface area (TPSA) is 67.6 Å². The van der Waals surface area contributed by atoms with Crippen LogP contribution >= 0.6 is 0 Å². The van der Waals surface area contributed by atoms with Crippen molar-refractivity contribution in [3.05, 3.63) is 35.4 Å². The summed E-state index contributed by atoms with van der Waals surface area (Å²) in [6.45, 7) is 6.58. The molecular formula is C17H27N3O2. The Kier molecular flexibility index (Phi) is 6.83. The van der Waals surface area contributed by atoms with Crippen LogP contribution in [0.1, 0.15) is 30.0 Å². The van der Waals surface area contributed by atoms with Gasteiger partial charge in [-0.05, 0) is 25.5 Å². The van der Waals surface area contributed by atoms with Crippen molar-refractivity contribution in [1.29, 1.82) is 0 Å². The summed E-state index contributed by atoms with van der Waals surface area (Å²) in [5.41, 5.74) is 7.94. The molecule has 1 amide bonds. The molecular weight excluding hydrogens is 278 g/mol. The second-order valence-corrected chi connectivity index (χ2v) is 5.77. The van der Waals surface area contributed by atoms with E-state index in [2.05, 4.69) is 41.4 Å². The molecule has 5 nitrogen and oxygen atoms in total. The van der Waals surface area contributed by atoms with E-state index in [0.717, 1.165) is 32.7 Å². The quantitative estimate of drug-likeness (QED) is 0.795. The number of ether oxygens (including phenoxy) is 1. The molecule has 1 aliphatic heterocycles. The first-order valence-electron chi connectivity index (χ1n) is 8.06. The highest BCUT2D eigenvalue weighted by atomic mass is 16.5. The zero-order valence-corrected chi connectivity index (χ0v) is 13.4. The Morgan fingerprint density at radius 2 is 2.00 bits per heavy atom. The van der Waals surface area contributed by atoms with Crippen molar-refractivity contribution in [2.24, 2.45) is 5.73 Å². The lowest BCUT2D eigenvalue weighted by Gasteiger charge is -2.35. The summed E-state index contributed by atoms with van der Waals surface area (Å²) in [6.07, 6.45) is 1.23. The van der Waals surface area contributed by atoms with E-state index in [-0.39, 0.29) is 11.9 Å². The van der Waals surface area contributed by atoms with Crippen LogP contribution in [0.4, 0.5) is 0 Å². The largest absolute Gasteiger partial charge is 0.379 e. The van der Waals surface area contributed by atoms with Crippen molar-refractivity contribution < 1.29 is 9.53 Å². The van der Waals surface area contributed by atoms with Crippen LogP contribution in [0.2, 0.25) is 0 Å². The van der Waals surface area contributed by atoms with Crippen LogP contribution in [0.25, 0.3) is 0 Å². The number of rotatable bonds is 7. The van der Waals surface area contributed by atoms with Gasteiger partial charge in [0.2, 0.25) is 5.91 Å². The van der Waals surface area contributed by atoms with Crippen molar-refractivity contribution in [2.75, 3.05) is 39.4 Å². The summed E-state index contributed by atoms with van der Waals surface area (Å²) in [6, 6.07) is 8.76.